The first kappa shape index (κ1) is 20.0. The normalized spacial score (nSPS) is 19.4. The van der Waals surface area contributed by atoms with Crippen molar-refractivity contribution in [1.29, 1.82) is 0 Å². The highest BCUT2D eigenvalue weighted by molar-refractivity contribution is 5.84. The van der Waals surface area contributed by atoms with Crippen LogP contribution >= 0.6 is 0 Å². The van der Waals surface area contributed by atoms with Crippen LogP contribution in [0.3, 0.4) is 0 Å². The maximum Gasteiger partial charge on any atom is 0.248 e. The first-order valence-electron chi connectivity index (χ1n) is 9.36. The number of hydrogen-bond donors (Lipinski definition) is 1. The van der Waals surface area contributed by atoms with E-state index < -0.39 is 11.3 Å². The van der Waals surface area contributed by atoms with Gasteiger partial charge in [-0.2, -0.15) is 0 Å². The van der Waals surface area contributed by atoms with Crippen molar-refractivity contribution in [2.24, 2.45) is 11.1 Å². The van der Waals surface area contributed by atoms with Crippen LogP contribution in [0.5, 0.6) is 0 Å². The van der Waals surface area contributed by atoms with Gasteiger partial charge in [0.25, 0.3) is 0 Å². The fourth-order valence-corrected chi connectivity index (χ4v) is 3.88. The van der Waals surface area contributed by atoms with Crippen molar-refractivity contribution in [2.45, 2.75) is 19.3 Å². The summed E-state index contributed by atoms with van der Waals surface area (Å²) in [5.41, 5.74) is 7.20. The summed E-state index contributed by atoms with van der Waals surface area (Å²) in [6, 6.07) is 14.1. The third-order valence-corrected chi connectivity index (χ3v) is 5.40. The Bertz CT molecular complexity index is 853. The van der Waals surface area contributed by atoms with Gasteiger partial charge in [0.15, 0.2) is 0 Å². The van der Waals surface area contributed by atoms with Gasteiger partial charge in [-0.05, 0) is 36.5 Å². The molecule has 0 aromatic heterocycles. The molecule has 148 valence electrons. The molecule has 0 bridgehead atoms. The van der Waals surface area contributed by atoms with Crippen LogP contribution in [-0.2, 0) is 20.7 Å². The van der Waals surface area contributed by atoms with Crippen molar-refractivity contribution in [3.05, 3.63) is 59.9 Å². The van der Waals surface area contributed by atoms with Crippen LogP contribution in [0.25, 0.3) is 11.1 Å². The summed E-state index contributed by atoms with van der Waals surface area (Å²) < 4.78 is 18.9. The number of amides is 2. The molecule has 0 radical (unpaired) electrons. The molecule has 6 heteroatoms. The zero-order chi connectivity index (χ0) is 20.1. The van der Waals surface area contributed by atoms with Gasteiger partial charge in [-0.3, -0.25) is 9.59 Å². The maximum absolute atomic E-state index is 14.0. The predicted molar refractivity (Wildman–Crippen MR) is 105 cm³/mol. The number of nitrogens with zero attached hydrogens (tertiary/aromatic N) is 1. The molecule has 0 spiro atoms. The zero-order valence-corrected chi connectivity index (χ0v) is 16.0. The van der Waals surface area contributed by atoms with E-state index in [-0.39, 0.29) is 18.3 Å². The lowest BCUT2D eigenvalue weighted by Crippen LogP contribution is -2.53. The van der Waals surface area contributed by atoms with E-state index in [9.17, 15) is 14.0 Å². The Balaban J connectivity index is 1.80. The Hall–Kier alpha value is -2.73. The second-order valence-electron chi connectivity index (χ2n) is 7.35. The van der Waals surface area contributed by atoms with E-state index in [0.29, 0.717) is 37.9 Å². The van der Waals surface area contributed by atoms with Crippen molar-refractivity contribution in [3.8, 4) is 11.1 Å². The molecule has 1 aliphatic rings. The minimum Gasteiger partial charge on any atom is -0.375 e. The number of ether oxygens (including phenoxy) is 1. The minimum absolute atomic E-state index is 0.00776. The highest BCUT2D eigenvalue weighted by Gasteiger charge is 2.42. The number of benzene rings is 2. The number of likely N-dealkylation sites (tertiary alicyclic amines) is 1. The van der Waals surface area contributed by atoms with Gasteiger partial charge in [-0.25, -0.2) is 4.39 Å². The van der Waals surface area contributed by atoms with Gasteiger partial charge in [0, 0.05) is 25.8 Å². The van der Waals surface area contributed by atoms with Crippen LogP contribution in [0.15, 0.2) is 48.5 Å². The molecule has 1 atom stereocenters. The van der Waals surface area contributed by atoms with E-state index in [4.69, 9.17) is 10.5 Å². The molecule has 1 saturated heterocycles. The van der Waals surface area contributed by atoms with Gasteiger partial charge < -0.3 is 15.4 Å². The SMILES string of the molecule is COCC(=O)N1CCCC(Cc2ccc(-c3ccccc3F)cc2)(C(N)=O)C1. The number of piperidine rings is 1. The van der Waals surface area contributed by atoms with Crippen molar-refractivity contribution in [3.63, 3.8) is 0 Å². The van der Waals surface area contributed by atoms with Gasteiger partial charge >= 0.3 is 0 Å². The lowest BCUT2D eigenvalue weighted by molar-refractivity contribution is -0.142. The Labute approximate surface area is 164 Å². The Kier molecular flexibility index (Phi) is 6.09. The third-order valence-electron chi connectivity index (χ3n) is 5.40. The molecule has 0 saturated carbocycles. The fourth-order valence-electron chi connectivity index (χ4n) is 3.88. The Morgan fingerprint density at radius 3 is 2.54 bits per heavy atom. The molecular weight excluding hydrogens is 359 g/mol. The van der Waals surface area contributed by atoms with E-state index in [1.54, 1.807) is 23.1 Å². The fraction of sp³-hybridized carbons (Fsp3) is 0.364. The standard InChI is InChI=1S/C22H25FN2O3/c1-28-14-20(26)25-12-4-11-22(15-25,21(24)27)13-16-7-9-17(10-8-16)18-5-2-3-6-19(18)23/h2-3,5-10H,4,11-15H2,1H3,(H2,24,27). The number of rotatable bonds is 6. The molecule has 2 N–H and O–H groups in total. The molecule has 1 fully saturated rings. The Morgan fingerprint density at radius 1 is 1.18 bits per heavy atom. The van der Waals surface area contributed by atoms with Crippen molar-refractivity contribution < 1.29 is 18.7 Å². The summed E-state index contributed by atoms with van der Waals surface area (Å²) in [6.07, 6.45) is 1.79. The highest BCUT2D eigenvalue weighted by atomic mass is 19.1. The molecule has 2 amide bonds. The van der Waals surface area contributed by atoms with Gasteiger partial charge in [0.05, 0.1) is 5.41 Å². The van der Waals surface area contributed by atoms with Gasteiger partial charge in [-0.1, -0.05) is 42.5 Å². The predicted octanol–water partition coefficient (Wildman–Crippen LogP) is 2.78. The van der Waals surface area contributed by atoms with Crippen LogP contribution in [0.4, 0.5) is 4.39 Å². The van der Waals surface area contributed by atoms with E-state index in [1.165, 1.54) is 13.2 Å². The monoisotopic (exact) mass is 384 g/mol. The second kappa shape index (κ2) is 8.52. The molecule has 1 unspecified atom stereocenters. The summed E-state index contributed by atoms with van der Waals surface area (Å²) >= 11 is 0. The molecule has 2 aromatic carbocycles. The largest absolute Gasteiger partial charge is 0.375 e. The molecule has 1 aliphatic heterocycles. The number of methoxy groups -OCH3 is 1. The summed E-state index contributed by atoms with van der Waals surface area (Å²) in [7, 11) is 1.47. The third kappa shape index (κ3) is 4.22. The summed E-state index contributed by atoms with van der Waals surface area (Å²) in [6.45, 7) is 0.884. The molecule has 1 heterocycles. The quantitative estimate of drug-likeness (QED) is 0.832. The topological polar surface area (TPSA) is 72.6 Å². The molecular formula is C22H25FN2O3. The first-order valence-corrected chi connectivity index (χ1v) is 9.36. The van der Waals surface area contributed by atoms with E-state index >= 15 is 0 Å². The van der Waals surface area contributed by atoms with E-state index in [1.807, 2.05) is 24.3 Å². The smallest absolute Gasteiger partial charge is 0.248 e. The molecule has 5 nitrogen and oxygen atoms in total. The second-order valence-corrected chi connectivity index (χ2v) is 7.35. The highest BCUT2D eigenvalue weighted by Crippen LogP contribution is 2.34. The van der Waals surface area contributed by atoms with Crippen LogP contribution in [-0.4, -0.2) is 43.5 Å². The van der Waals surface area contributed by atoms with Crippen LogP contribution in [0.1, 0.15) is 18.4 Å². The van der Waals surface area contributed by atoms with Crippen LogP contribution in [0, 0.1) is 11.2 Å². The van der Waals surface area contributed by atoms with Crippen LogP contribution < -0.4 is 5.73 Å². The van der Waals surface area contributed by atoms with Gasteiger partial charge in [-0.15, -0.1) is 0 Å². The van der Waals surface area contributed by atoms with E-state index in [2.05, 4.69) is 0 Å². The number of halogens is 1. The number of primary amides is 1. The number of carbonyl (C=O) groups excluding carboxylic acids is 2. The Morgan fingerprint density at radius 2 is 1.89 bits per heavy atom. The minimum atomic E-state index is -0.804. The molecule has 0 aliphatic carbocycles. The number of hydrogen-bond acceptors (Lipinski definition) is 3. The number of carbonyl (C=O) groups is 2. The molecule has 28 heavy (non-hydrogen) atoms. The lowest BCUT2D eigenvalue weighted by atomic mass is 9.74. The lowest BCUT2D eigenvalue weighted by Gasteiger charge is -2.41. The van der Waals surface area contributed by atoms with Gasteiger partial charge in [0.1, 0.15) is 12.4 Å². The summed E-state index contributed by atoms with van der Waals surface area (Å²) in [4.78, 5) is 26.2. The first-order chi connectivity index (χ1) is 13.4. The van der Waals surface area contributed by atoms with Crippen molar-refractivity contribution in [1.82, 2.24) is 4.90 Å². The van der Waals surface area contributed by atoms with Gasteiger partial charge in [0.2, 0.25) is 11.8 Å². The average Bonchev–Trinajstić information content (AvgIpc) is 2.69. The van der Waals surface area contributed by atoms with Crippen LogP contribution in [0.2, 0.25) is 0 Å². The molecule has 3 rings (SSSR count). The van der Waals surface area contributed by atoms with E-state index in [0.717, 1.165) is 11.1 Å². The zero-order valence-electron chi connectivity index (χ0n) is 16.0. The summed E-state index contributed by atoms with van der Waals surface area (Å²) in [5, 5.41) is 0. The van der Waals surface area contributed by atoms with Crippen molar-refractivity contribution >= 4 is 11.8 Å². The summed E-state index contributed by atoms with van der Waals surface area (Å²) in [5.74, 6) is -0.813. The maximum atomic E-state index is 14.0. The number of nitrogens with two attached hydrogens (primary N) is 1. The average molecular weight is 384 g/mol. The van der Waals surface area contributed by atoms with Crippen molar-refractivity contribution in [2.75, 3.05) is 26.8 Å². The molecule has 2 aromatic rings.